The Balaban J connectivity index is 1.96. The van der Waals surface area contributed by atoms with Gasteiger partial charge in [-0.2, -0.15) is 0 Å². The minimum atomic E-state index is -0.685. The van der Waals surface area contributed by atoms with Crippen molar-refractivity contribution in [2.75, 3.05) is 37.7 Å². The first-order chi connectivity index (χ1) is 11.0. The quantitative estimate of drug-likeness (QED) is 0.839. The second-order valence-corrected chi connectivity index (χ2v) is 5.44. The zero-order valence-corrected chi connectivity index (χ0v) is 13.6. The molecule has 1 aliphatic heterocycles. The molecule has 3 amide bonds. The average molecular weight is 320 g/mol. The number of primary amides is 1. The van der Waals surface area contributed by atoms with Gasteiger partial charge in [-0.25, -0.2) is 4.79 Å². The molecule has 1 aromatic rings. The lowest BCUT2D eigenvalue weighted by atomic mass is 10.2. The molecule has 0 aromatic heterocycles. The van der Waals surface area contributed by atoms with Crippen LogP contribution in [0.25, 0.3) is 0 Å². The topological polar surface area (TPSA) is 87.9 Å². The average Bonchev–Trinajstić information content (AvgIpc) is 2.54. The highest BCUT2D eigenvalue weighted by molar-refractivity contribution is 5.86. The molecular formula is C16H24N4O3. The molecule has 0 bridgehead atoms. The number of piperazine rings is 1. The number of nitrogens with one attached hydrogen (secondary N) is 1. The SMILES string of the molecule is CCOc1ccccc1N1CCN(C(=O)[C@H](C)NC(N)=O)CC1. The molecule has 23 heavy (non-hydrogen) atoms. The maximum atomic E-state index is 12.3. The van der Waals surface area contributed by atoms with Gasteiger partial charge in [0.05, 0.1) is 12.3 Å². The summed E-state index contributed by atoms with van der Waals surface area (Å²) in [5.41, 5.74) is 6.11. The number of anilines is 1. The summed E-state index contributed by atoms with van der Waals surface area (Å²) in [5.74, 6) is 0.750. The van der Waals surface area contributed by atoms with E-state index in [1.54, 1.807) is 11.8 Å². The van der Waals surface area contributed by atoms with Crippen LogP contribution in [0, 0.1) is 0 Å². The molecule has 2 rings (SSSR count). The summed E-state index contributed by atoms with van der Waals surface area (Å²) in [4.78, 5) is 27.1. The molecule has 1 heterocycles. The Labute approximate surface area is 136 Å². The summed E-state index contributed by atoms with van der Waals surface area (Å²) >= 11 is 0. The highest BCUT2D eigenvalue weighted by Crippen LogP contribution is 2.28. The molecule has 0 spiro atoms. The summed E-state index contributed by atoms with van der Waals surface area (Å²) < 4.78 is 5.66. The Morgan fingerprint density at radius 1 is 1.26 bits per heavy atom. The predicted octanol–water partition coefficient (Wildman–Crippen LogP) is 0.791. The van der Waals surface area contributed by atoms with Gasteiger partial charge in [0.2, 0.25) is 5.91 Å². The molecule has 1 fully saturated rings. The third kappa shape index (κ3) is 4.28. The van der Waals surface area contributed by atoms with Gasteiger partial charge in [0.25, 0.3) is 0 Å². The zero-order valence-electron chi connectivity index (χ0n) is 13.6. The number of nitrogens with zero attached hydrogens (tertiary/aromatic N) is 2. The number of hydrogen-bond acceptors (Lipinski definition) is 4. The van der Waals surface area contributed by atoms with Gasteiger partial charge >= 0.3 is 6.03 Å². The van der Waals surface area contributed by atoms with Crippen LogP contribution in [-0.4, -0.2) is 55.7 Å². The van der Waals surface area contributed by atoms with Crippen LogP contribution >= 0.6 is 0 Å². The first kappa shape index (κ1) is 16.9. The number of rotatable bonds is 5. The molecule has 7 heteroatoms. The van der Waals surface area contributed by atoms with Gasteiger partial charge in [-0.1, -0.05) is 12.1 Å². The van der Waals surface area contributed by atoms with Gasteiger partial charge in [-0.3, -0.25) is 4.79 Å². The molecule has 0 saturated carbocycles. The normalized spacial score (nSPS) is 15.9. The number of para-hydroxylation sites is 2. The van der Waals surface area contributed by atoms with Gasteiger partial charge in [0.15, 0.2) is 0 Å². The lowest BCUT2D eigenvalue weighted by Gasteiger charge is -2.37. The van der Waals surface area contributed by atoms with E-state index < -0.39 is 12.1 Å². The minimum absolute atomic E-state index is 0.110. The monoisotopic (exact) mass is 320 g/mol. The lowest BCUT2D eigenvalue weighted by molar-refractivity contribution is -0.133. The smallest absolute Gasteiger partial charge is 0.312 e. The fourth-order valence-corrected chi connectivity index (χ4v) is 2.71. The maximum absolute atomic E-state index is 12.3. The van der Waals surface area contributed by atoms with E-state index in [4.69, 9.17) is 10.5 Å². The highest BCUT2D eigenvalue weighted by Gasteiger charge is 2.26. The van der Waals surface area contributed by atoms with Crippen molar-refractivity contribution < 1.29 is 14.3 Å². The fourth-order valence-electron chi connectivity index (χ4n) is 2.71. The molecule has 0 radical (unpaired) electrons. The second-order valence-electron chi connectivity index (χ2n) is 5.44. The number of carbonyl (C=O) groups is 2. The Bertz CT molecular complexity index is 556. The van der Waals surface area contributed by atoms with Crippen molar-refractivity contribution in [2.24, 2.45) is 5.73 Å². The lowest BCUT2D eigenvalue weighted by Crippen LogP contribution is -2.54. The standard InChI is InChI=1S/C16H24N4O3/c1-3-23-14-7-5-4-6-13(14)19-8-10-20(11-9-19)15(21)12(2)18-16(17)22/h4-7,12H,3,8-11H2,1-2H3,(H3,17,18,22)/t12-/m0/s1. The van der Waals surface area contributed by atoms with Crippen molar-refractivity contribution in [3.05, 3.63) is 24.3 Å². The van der Waals surface area contributed by atoms with E-state index >= 15 is 0 Å². The Morgan fingerprint density at radius 3 is 2.52 bits per heavy atom. The van der Waals surface area contributed by atoms with Crippen LogP contribution in [0.15, 0.2) is 24.3 Å². The molecule has 1 aliphatic rings. The van der Waals surface area contributed by atoms with Crippen LogP contribution in [0.5, 0.6) is 5.75 Å². The first-order valence-corrected chi connectivity index (χ1v) is 7.84. The summed E-state index contributed by atoms with van der Waals surface area (Å²) in [6.45, 7) is 6.86. The van der Waals surface area contributed by atoms with E-state index in [-0.39, 0.29) is 5.91 Å². The van der Waals surface area contributed by atoms with Crippen LogP contribution in [0.4, 0.5) is 10.5 Å². The Morgan fingerprint density at radius 2 is 1.91 bits per heavy atom. The van der Waals surface area contributed by atoms with Crippen LogP contribution in [0.2, 0.25) is 0 Å². The number of carbonyl (C=O) groups excluding carboxylic acids is 2. The number of benzene rings is 1. The molecule has 126 valence electrons. The number of hydrogen-bond donors (Lipinski definition) is 2. The highest BCUT2D eigenvalue weighted by atomic mass is 16.5. The summed E-state index contributed by atoms with van der Waals surface area (Å²) in [6, 6.07) is 6.62. The van der Waals surface area contributed by atoms with E-state index in [1.807, 2.05) is 31.2 Å². The van der Waals surface area contributed by atoms with Crippen molar-refractivity contribution in [1.82, 2.24) is 10.2 Å². The number of ether oxygens (including phenoxy) is 1. The summed E-state index contributed by atoms with van der Waals surface area (Å²) in [6.07, 6.45) is 0. The summed E-state index contributed by atoms with van der Waals surface area (Å²) in [5, 5.41) is 2.42. The van der Waals surface area contributed by atoms with Gasteiger partial charge in [0, 0.05) is 26.2 Å². The molecule has 1 atom stereocenters. The summed E-state index contributed by atoms with van der Waals surface area (Å²) in [7, 11) is 0. The largest absolute Gasteiger partial charge is 0.492 e. The number of urea groups is 1. The van der Waals surface area contributed by atoms with Crippen molar-refractivity contribution in [2.45, 2.75) is 19.9 Å². The molecule has 0 aliphatic carbocycles. The zero-order chi connectivity index (χ0) is 16.8. The molecule has 1 saturated heterocycles. The Kier molecular flexibility index (Phi) is 5.67. The molecule has 7 nitrogen and oxygen atoms in total. The fraction of sp³-hybridized carbons (Fsp3) is 0.500. The number of nitrogens with two attached hydrogens (primary N) is 1. The van der Waals surface area contributed by atoms with Crippen molar-refractivity contribution in [3.63, 3.8) is 0 Å². The van der Waals surface area contributed by atoms with E-state index in [2.05, 4.69) is 10.2 Å². The predicted molar refractivity (Wildman–Crippen MR) is 88.6 cm³/mol. The van der Waals surface area contributed by atoms with E-state index in [0.29, 0.717) is 19.7 Å². The van der Waals surface area contributed by atoms with Crippen LogP contribution in [-0.2, 0) is 4.79 Å². The van der Waals surface area contributed by atoms with Crippen LogP contribution < -0.4 is 20.7 Å². The Hall–Kier alpha value is -2.44. The number of amides is 3. The van der Waals surface area contributed by atoms with Crippen molar-refractivity contribution >= 4 is 17.6 Å². The van der Waals surface area contributed by atoms with Crippen molar-refractivity contribution in [3.8, 4) is 5.75 Å². The molecule has 0 unspecified atom stereocenters. The molecular weight excluding hydrogens is 296 g/mol. The van der Waals surface area contributed by atoms with Crippen molar-refractivity contribution in [1.29, 1.82) is 0 Å². The van der Waals surface area contributed by atoms with E-state index in [9.17, 15) is 9.59 Å². The third-order valence-corrected chi connectivity index (χ3v) is 3.83. The first-order valence-electron chi connectivity index (χ1n) is 7.84. The second kappa shape index (κ2) is 7.71. The van der Waals surface area contributed by atoms with Gasteiger partial charge < -0.3 is 25.6 Å². The third-order valence-electron chi connectivity index (χ3n) is 3.83. The minimum Gasteiger partial charge on any atom is -0.492 e. The van der Waals surface area contributed by atoms with Gasteiger partial charge in [0.1, 0.15) is 11.8 Å². The maximum Gasteiger partial charge on any atom is 0.312 e. The van der Waals surface area contributed by atoms with E-state index in [1.165, 1.54) is 0 Å². The molecule has 1 aromatic carbocycles. The van der Waals surface area contributed by atoms with Gasteiger partial charge in [-0.15, -0.1) is 0 Å². The van der Waals surface area contributed by atoms with E-state index in [0.717, 1.165) is 24.5 Å². The van der Waals surface area contributed by atoms with Crippen LogP contribution in [0.3, 0.4) is 0 Å². The molecule has 3 N–H and O–H groups in total. The van der Waals surface area contributed by atoms with Crippen LogP contribution in [0.1, 0.15) is 13.8 Å². The van der Waals surface area contributed by atoms with Gasteiger partial charge in [-0.05, 0) is 26.0 Å².